The van der Waals surface area contributed by atoms with E-state index < -0.39 is 6.03 Å². The molecule has 1 fully saturated rings. The second kappa shape index (κ2) is 7.73. The van der Waals surface area contributed by atoms with Crippen LogP contribution in [0.4, 0.5) is 4.79 Å². The third-order valence-electron chi connectivity index (χ3n) is 3.20. The molecular weight excluding hydrogens is 250 g/mol. The summed E-state index contributed by atoms with van der Waals surface area (Å²) in [6.07, 6.45) is 1.45. The van der Waals surface area contributed by atoms with Crippen molar-refractivity contribution in [2.75, 3.05) is 33.3 Å². The highest BCUT2D eigenvalue weighted by Gasteiger charge is 2.29. The summed E-state index contributed by atoms with van der Waals surface area (Å²) in [5, 5.41) is 4.56. The van der Waals surface area contributed by atoms with E-state index in [0.29, 0.717) is 6.61 Å². The first kappa shape index (κ1) is 15.4. The molecule has 1 heterocycles. The normalized spacial score (nSPS) is 22.4. The van der Waals surface area contributed by atoms with Crippen LogP contribution in [0.3, 0.4) is 0 Å². The molecule has 0 atom stereocenters. The molecule has 0 aliphatic carbocycles. The molecule has 7 heteroatoms. The zero-order valence-corrected chi connectivity index (χ0v) is 11.5. The van der Waals surface area contributed by atoms with Crippen molar-refractivity contribution < 1.29 is 24.0 Å². The number of ether oxygens (including phenoxy) is 1. The van der Waals surface area contributed by atoms with E-state index in [9.17, 15) is 14.4 Å². The van der Waals surface area contributed by atoms with Gasteiger partial charge in [-0.25, -0.2) is 4.79 Å². The van der Waals surface area contributed by atoms with Gasteiger partial charge in [0, 0.05) is 19.9 Å². The number of piperidine rings is 1. The summed E-state index contributed by atoms with van der Waals surface area (Å²) < 4.78 is 4.98. The monoisotopic (exact) mass is 272 g/mol. The highest BCUT2D eigenvalue weighted by molar-refractivity contribution is 5.94. The van der Waals surface area contributed by atoms with Gasteiger partial charge in [-0.3, -0.25) is 14.9 Å². The van der Waals surface area contributed by atoms with E-state index in [1.807, 2.05) is 0 Å². The molecule has 0 aromatic carbocycles. The van der Waals surface area contributed by atoms with Crippen molar-refractivity contribution in [3.05, 3.63) is 0 Å². The Kier molecular flexibility index (Phi) is 6.27. The molecule has 3 amide bonds. The van der Waals surface area contributed by atoms with E-state index in [1.54, 1.807) is 6.92 Å². The van der Waals surface area contributed by atoms with E-state index in [2.05, 4.69) is 10.6 Å². The average molecular weight is 272 g/mol. The molecule has 1 aliphatic heterocycles. The lowest BCUT2D eigenvalue weighted by Crippen LogP contribution is -3.14. The van der Waals surface area contributed by atoms with E-state index in [4.69, 9.17) is 4.74 Å². The Balaban J connectivity index is 2.28. The highest BCUT2D eigenvalue weighted by atomic mass is 16.5. The standard InChI is InChI=1S/C12H21N3O4/c1-3-19-11(17)9-4-6-15(7-5-9)8-10(16)14-12(18)13-2/h9H,3-8H2,1-2H3,(H2,13,14,16,18)/p+1. The molecule has 0 saturated carbocycles. The van der Waals surface area contributed by atoms with E-state index in [-0.39, 0.29) is 24.3 Å². The predicted octanol–water partition coefficient (Wildman–Crippen LogP) is -1.70. The number of carbonyl (C=O) groups is 3. The quantitative estimate of drug-likeness (QED) is 0.532. The smallest absolute Gasteiger partial charge is 0.321 e. The second-order valence-corrected chi connectivity index (χ2v) is 4.58. The zero-order valence-electron chi connectivity index (χ0n) is 11.5. The van der Waals surface area contributed by atoms with Crippen LogP contribution in [-0.2, 0) is 14.3 Å². The topological polar surface area (TPSA) is 88.9 Å². The van der Waals surface area contributed by atoms with Crippen LogP contribution in [0.2, 0.25) is 0 Å². The van der Waals surface area contributed by atoms with Gasteiger partial charge < -0.3 is 15.0 Å². The van der Waals surface area contributed by atoms with Crippen LogP contribution in [0.15, 0.2) is 0 Å². The van der Waals surface area contributed by atoms with E-state index in [0.717, 1.165) is 30.8 Å². The number of hydrogen-bond donors (Lipinski definition) is 3. The number of amides is 3. The third kappa shape index (κ3) is 5.25. The second-order valence-electron chi connectivity index (χ2n) is 4.58. The van der Waals surface area contributed by atoms with Crippen molar-refractivity contribution in [2.45, 2.75) is 19.8 Å². The van der Waals surface area contributed by atoms with Crippen LogP contribution in [0.1, 0.15) is 19.8 Å². The SMILES string of the molecule is CCOC(=O)C1CC[NH+](CC(=O)NC(=O)NC)CC1. The Hall–Kier alpha value is -1.63. The predicted molar refractivity (Wildman–Crippen MR) is 67.5 cm³/mol. The molecular formula is C12H22N3O4+. The number of nitrogens with one attached hydrogen (secondary N) is 3. The zero-order chi connectivity index (χ0) is 14.3. The average Bonchev–Trinajstić information content (AvgIpc) is 2.39. The van der Waals surface area contributed by atoms with Crippen LogP contribution >= 0.6 is 0 Å². The van der Waals surface area contributed by atoms with Crippen molar-refractivity contribution >= 4 is 17.9 Å². The maximum absolute atomic E-state index is 11.5. The maximum atomic E-state index is 11.5. The number of esters is 1. The molecule has 0 aromatic heterocycles. The largest absolute Gasteiger partial charge is 0.466 e. The van der Waals surface area contributed by atoms with Crippen LogP contribution in [-0.4, -0.2) is 51.2 Å². The van der Waals surface area contributed by atoms with E-state index in [1.165, 1.54) is 7.05 Å². The van der Waals surface area contributed by atoms with Gasteiger partial charge in [0.2, 0.25) is 0 Å². The fourth-order valence-corrected chi connectivity index (χ4v) is 2.16. The van der Waals surface area contributed by atoms with Crippen molar-refractivity contribution in [3.8, 4) is 0 Å². The van der Waals surface area contributed by atoms with Crippen molar-refractivity contribution in [3.63, 3.8) is 0 Å². The molecule has 1 rings (SSSR count). The van der Waals surface area contributed by atoms with Gasteiger partial charge in [-0.15, -0.1) is 0 Å². The number of hydrogen-bond acceptors (Lipinski definition) is 4. The lowest BCUT2D eigenvalue weighted by atomic mass is 9.97. The summed E-state index contributed by atoms with van der Waals surface area (Å²) in [7, 11) is 1.46. The van der Waals surface area contributed by atoms with Gasteiger partial charge in [0.25, 0.3) is 5.91 Å². The number of carbonyl (C=O) groups excluding carboxylic acids is 3. The fraction of sp³-hybridized carbons (Fsp3) is 0.750. The Morgan fingerprint density at radius 2 is 1.89 bits per heavy atom. The first-order chi connectivity index (χ1) is 9.06. The van der Waals surface area contributed by atoms with Crippen molar-refractivity contribution in [2.24, 2.45) is 5.92 Å². The first-order valence-corrected chi connectivity index (χ1v) is 6.58. The number of quaternary nitrogens is 1. The molecule has 0 radical (unpaired) electrons. The number of rotatable bonds is 4. The van der Waals surface area contributed by atoms with Gasteiger partial charge in [0.15, 0.2) is 6.54 Å². The lowest BCUT2D eigenvalue weighted by Gasteiger charge is -2.27. The molecule has 3 N–H and O–H groups in total. The number of urea groups is 1. The minimum Gasteiger partial charge on any atom is -0.466 e. The molecule has 7 nitrogen and oxygen atoms in total. The van der Waals surface area contributed by atoms with Gasteiger partial charge in [-0.1, -0.05) is 0 Å². The summed E-state index contributed by atoms with van der Waals surface area (Å²) in [5.41, 5.74) is 0. The Morgan fingerprint density at radius 3 is 2.42 bits per heavy atom. The van der Waals surface area contributed by atoms with Gasteiger partial charge in [-0.2, -0.15) is 0 Å². The molecule has 0 bridgehead atoms. The summed E-state index contributed by atoms with van der Waals surface area (Å²) in [6, 6.07) is -0.495. The number of imide groups is 1. The summed E-state index contributed by atoms with van der Waals surface area (Å²) in [5.74, 6) is -0.494. The minimum atomic E-state index is -0.495. The summed E-state index contributed by atoms with van der Waals surface area (Å²) in [6.45, 7) is 3.93. The maximum Gasteiger partial charge on any atom is 0.321 e. The van der Waals surface area contributed by atoms with Gasteiger partial charge in [-0.05, 0) is 6.92 Å². The number of likely N-dealkylation sites (tertiary alicyclic amines) is 1. The minimum absolute atomic E-state index is 0.0503. The molecule has 0 unspecified atom stereocenters. The van der Waals surface area contributed by atoms with Crippen molar-refractivity contribution in [1.29, 1.82) is 0 Å². The van der Waals surface area contributed by atoms with Crippen LogP contribution in [0, 0.1) is 5.92 Å². The molecule has 108 valence electrons. The van der Waals surface area contributed by atoms with Crippen LogP contribution < -0.4 is 15.5 Å². The molecule has 0 spiro atoms. The third-order valence-corrected chi connectivity index (χ3v) is 3.20. The highest BCUT2D eigenvalue weighted by Crippen LogP contribution is 2.11. The Labute approximate surface area is 112 Å². The lowest BCUT2D eigenvalue weighted by molar-refractivity contribution is -0.897. The van der Waals surface area contributed by atoms with Crippen LogP contribution in [0.25, 0.3) is 0 Å². The van der Waals surface area contributed by atoms with Gasteiger partial charge in [0.1, 0.15) is 0 Å². The molecule has 0 aromatic rings. The molecule has 1 saturated heterocycles. The first-order valence-electron chi connectivity index (χ1n) is 6.58. The van der Waals surface area contributed by atoms with E-state index >= 15 is 0 Å². The van der Waals surface area contributed by atoms with Crippen LogP contribution in [0.5, 0.6) is 0 Å². The Bertz CT molecular complexity index is 338. The fourth-order valence-electron chi connectivity index (χ4n) is 2.16. The van der Waals surface area contributed by atoms with Gasteiger partial charge in [0.05, 0.1) is 25.6 Å². The summed E-state index contributed by atoms with van der Waals surface area (Å²) in [4.78, 5) is 35.1. The summed E-state index contributed by atoms with van der Waals surface area (Å²) >= 11 is 0. The Morgan fingerprint density at radius 1 is 1.26 bits per heavy atom. The van der Waals surface area contributed by atoms with Gasteiger partial charge >= 0.3 is 12.0 Å². The molecule has 1 aliphatic rings. The van der Waals surface area contributed by atoms with Crippen molar-refractivity contribution in [1.82, 2.24) is 10.6 Å². The molecule has 19 heavy (non-hydrogen) atoms.